The molecule has 1 fully saturated rings. The van der Waals surface area contributed by atoms with Gasteiger partial charge in [0.1, 0.15) is 0 Å². The zero-order chi connectivity index (χ0) is 9.64. The first-order valence-corrected chi connectivity index (χ1v) is 5.25. The molecular formula is C13H16O. The Bertz CT molecular complexity index is 285. The van der Waals surface area contributed by atoms with Crippen molar-refractivity contribution in [2.75, 3.05) is 6.61 Å². The van der Waals surface area contributed by atoms with E-state index in [2.05, 4.69) is 42.5 Å². The van der Waals surface area contributed by atoms with E-state index in [4.69, 9.17) is 4.74 Å². The Morgan fingerprint density at radius 2 is 2.00 bits per heavy atom. The SMILES string of the molecule is C(=C\Cc1ccccc1)/CCC1CO1. The fraction of sp³-hybridized carbons (Fsp3) is 0.385. The molecule has 1 heterocycles. The van der Waals surface area contributed by atoms with Crippen molar-refractivity contribution in [1.29, 1.82) is 0 Å². The molecule has 1 saturated heterocycles. The van der Waals surface area contributed by atoms with Crippen molar-refractivity contribution in [3.63, 3.8) is 0 Å². The second-order valence-corrected chi connectivity index (χ2v) is 3.69. The van der Waals surface area contributed by atoms with E-state index in [0.29, 0.717) is 6.10 Å². The fourth-order valence-electron chi connectivity index (χ4n) is 1.47. The maximum atomic E-state index is 5.14. The number of hydrogen-bond acceptors (Lipinski definition) is 1. The van der Waals surface area contributed by atoms with Crippen LogP contribution in [0.1, 0.15) is 18.4 Å². The molecule has 1 aromatic rings. The van der Waals surface area contributed by atoms with Gasteiger partial charge in [-0.05, 0) is 24.8 Å². The summed E-state index contributed by atoms with van der Waals surface area (Å²) in [6.45, 7) is 0.979. The van der Waals surface area contributed by atoms with Crippen LogP contribution in [0.5, 0.6) is 0 Å². The third kappa shape index (κ3) is 3.35. The van der Waals surface area contributed by atoms with Gasteiger partial charge in [-0.2, -0.15) is 0 Å². The lowest BCUT2D eigenvalue weighted by atomic mass is 10.1. The quantitative estimate of drug-likeness (QED) is 0.511. The standard InChI is InChI=1S/C13H16O/c1-3-7-12(8-4-1)9-5-2-6-10-13-11-14-13/h1-5,7-8,13H,6,9-11H2/b5-2+. The van der Waals surface area contributed by atoms with E-state index in [1.807, 2.05) is 0 Å². The van der Waals surface area contributed by atoms with Gasteiger partial charge in [0.05, 0.1) is 12.7 Å². The van der Waals surface area contributed by atoms with Crippen LogP contribution in [-0.4, -0.2) is 12.7 Å². The predicted octanol–water partition coefficient (Wildman–Crippen LogP) is 2.96. The average molecular weight is 188 g/mol. The van der Waals surface area contributed by atoms with Crippen molar-refractivity contribution in [2.24, 2.45) is 0 Å². The Labute approximate surface area is 85.4 Å². The second-order valence-electron chi connectivity index (χ2n) is 3.69. The van der Waals surface area contributed by atoms with Crippen LogP contribution in [0, 0.1) is 0 Å². The number of ether oxygens (including phenoxy) is 1. The number of benzene rings is 1. The van der Waals surface area contributed by atoms with Gasteiger partial charge in [0.15, 0.2) is 0 Å². The molecule has 1 unspecified atom stereocenters. The maximum absolute atomic E-state index is 5.14. The summed E-state index contributed by atoms with van der Waals surface area (Å²) >= 11 is 0. The molecule has 0 bridgehead atoms. The van der Waals surface area contributed by atoms with E-state index in [1.165, 1.54) is 12.0 Å². The molecule has 0 aliphatic carbocycles. The topological polar surface area (TPSA) is 12.5 Å². The van der Waals surface area contributed by atoms with Crippen LogP contribution in [0.25, 0.3) is 0 Å². The molecule has 1 aliphatic heterocycles. The highest BCUT2D eigenvalue weighted by Crippen LogP contribution is 2.15. The zero-order valence-corrected chi connectivity index (χ0v) is 8.36. The van der Waals surface area contributed by atoms with Gasteiger partial charge in [0.2, 0.25) is 0 Å². The summed E-state index contributed by atoms with van der Waals surface area (Å²) in [5.41, 5.74) is 1.38. The van der Waals surface area contributed by atoms with Crippen molar-refractivity contribution in [1.82, 2.24) is 0 Å². The lowest BCUT2D eigenvalue weighted by molar-refractivity contribution is 0.398. The molecule has 1 heteroatoms. The van der Waals surface area contributed by atoms with Gasteiger partial charge in [-0.3, -0.25) is 0 Å². The minimum absolute atomic E-state index is 0.566. The third-order valence-electron chi connectivity index (χ3n) is 2.42. The first-order valence-electron chi connectivity index (χ1n) is 5.25. The van der Waals surface area contributed by atoms with E-state index in [1.54, 1.807) is 0 Å². The van der Waals surface area contributed by atoms with Crippen molar-refractivity contribution >= 4 is 0 Å². The van der Waals surface area contributed by atoms with E-state index < -0.39 is 0 Å². The Balaban J connectivity index is 1.65. The van der Waals surface area contributed by atoms with Crippen LogP contribution in [0.2, 0.25) is 0 Å². The Hall–Kier alpha value is -1.08. The molecule has 0 amide bonds. The average Bonchev–Trinajstić information content (AvgIpc) is 3.03. The molecule has 0 saturated carbocycles. The van der Waals surface area contributed by atoms with Crippen LogP contribution >= 0.6 is 0 Å². The summed E-state index contributed by atoms with van der Waals surface area (Å²) in [7, 11) is 0. The summed E-state index contributed by atoms with van der Waals surface area (Å²) in [5.74, 6) is 0. The van der Waals surface area contributed by atoms with Gasteiger partial charge < -0.3 is 4.74 Å². The van der Waals surface area contributed by atoms with Gasteiger partial charge in [-0.15, -0.1) is 0 Å². The van der Waals surface area contributed by atoms with E-state index in [-0.39, 0.29) is 0 Å². The van der Waals surface area contributed by atoms with Crippen LogP contribution in [-0.2, 0) is 11.2 Å². The third-order valence-corrected chi connectivity index (χ3v) is 2.42. The molecular weight excluding hydrogens is 172 g/mol. The smallest absolute Gasteiger partial charge is 0.0812 e. The van der Waals surface area contributed by atoms with Gasteiger partial charge in [0, 0.05) is 0 Å². The minimum Gasteiger partial charge on any atom is -0.373 e. The van der Waals surface area contributed by atoms with Gasteiger partial charge in [0.25, 0.3) is 0 Å². The highest BCUT2D eigenvalue weighted by atomic mass is 16.6. The van der Waals surface area contributed by atoms with Crippen molar-refractivity contribution in [2.45, 2.75) is 25.4 Å². The summed E-state index contributed by atoms with van der Waals surface area (Å²) in [4.78, 5) is 0. The first-order chi connectivity index (χ1) is 6.95. The lowest BCUT2D eigenvalue weighted by Gasteiger charge is -1.94. The lowest BCUT2D eigenvalue weighted by Crippen LogP contribution is -1.82. The number of epoxide rings is 1. The molecule has 0 radical (unpaired) electrons. The van der Waals surface area contributed by atoms with Crippen LogP contribution in [0.3, 0.4) is 0 Å². The first kappa shape index (κ1) is 9.47. The molecule has 1 nitrogen and oxygen atoms in total. The van der Waals surface area contributed by atoms with E-state index in [0.717, 1.165) is 19.4 Å². The van der Waals surface area contributed by atoms with Crippen molar-refractivity contribution in [3.05, 3.63) is 48.0 Å². The van der Waals surface area contributed by atoms with Gasteiger partial charge in [-0.25, -0.2) is 0 Å². The van der Waals surface area contributed by atoms with Crippen molar-refractivity contribution < 1.29 is 4.74 Å². The summed E-state index contributed by atoms with van der Waals surface area (Å²) in [6.07, 6.45) is 8.46. The molecule has 14 heavy (non-hydrogen) atoms. The van der Waals surface area contributed by atoms with Crippen LogP contribution in [0.4, 0.5) is 0 Å². The van der Waals surface area contributed by atoms with Crippen LogP contribution in [0.15, 0.2) is 42.5 Å². The fourth-order valence-corrected chi connectivity index (χ4v) is 1.47. The molecule has 1 atom stereocenters. The molecule has 1 aromatic carbocycles. The summed E-state index contributed by atoms with van der Waals surface area (Å²) in [5, 5.41) is 0. The number of hydrogen-bond donors (Lipinski definition) is 0. The van der Waals surface area contributed by atoms with Gasteiger partial charge in [-0.1, -0.05) is 42.5 Å². The van der Waals surface area contributed by atoms with E-state index in [9.17, 15) is 0 Å². The van der Waals surface area contributed by atoms with Crippen molar-refractivity contribution in [3.8, 4) is 0 Å². The number of allylic oxidation sites excluding steroid dienone is 2. The molecule has 74 valence electrons. The molecule has 0 aromatic heterocycles. The minimum atomic E-state index is 0.566. The number of rotatable bonds is 5. The highest BCUT2D eigenvalue weighted by Gasteiger charge is 2.20. The van der Waals surface area contributed by atoms with Crippen LogP contribution < -0.4 is 0 Å². The Kier molecular flexibility index (Phi) is 3.36. The monoisotopic (exact) mass is 188 g/mol. The second kappa shape index (κ2) is 4.97. The maximum Gasteiger partial charge on any atom is 0.0812 e. The highest BCUT2D eigenvalue weighted by molar-refractivity contribution is 5.17. The Morgan fingerprint density at radius 1 is 1.21 bits per heavy atom. The Morgan fingerprint density at radius 3 is 2.71 bits per heavy atom. The van der Waals surface area contributed by atoms with Gasteiger partial charge >= 0.3 is 0 Å². The predicted molar refractivity (Wildman–Crippen MR) is 58.3 cm³/mol. The summed E-state index contributed by atoms with van der Waals surface area (Å²) < 4.78 is 5.14. The zero-order valence-electron chi connectivity index (χ0n) is 8.36. The molecule has 0 spiro atoms. The molecule has 0 N–H and O–H groups in total. The normalized spacial score (nSPS) is 20.1. The molecule has 1 aliphatic rings. The van der Waals surface area contributed by atoms with E-state index >= 15 is 0 Å². The largest absolute Gasteiger partial charge is 0.373 e. The molecule has 2 rings (SSSR count). The summed E-state index contributed by atoms with van der Waals surface area (Å²) in [6, 6.07) is 10.5.